The predicted octanol–water partition coefficient (Wildman–Crippen LogP) is 2.66. The Morgan fingerprint density at radius 1 is 1.27 bits per heavy atom. The van der Waals surface area contributed by atoms with Crippen LogP contribution in [-0.2, 0) is 16.1 Å². The average Bonchev–Trinajstić information content (AvgIpc) is 2.52. The van der Waals surface area contributed by atoms with Gasteiger partial charge in [-0.25, -0.2) is 13.2 Å². The molecule has 7 heteroatoms. The number of nitrogens with zero attached hydrogens (tertiary/aromatic N) is 1. The Morgan fingerprint density at radius 2 is 1.86 bits per heavy atom. The predicted molar refractivity (Wildman–Crippen MR) is 75.8 cm³/mol. The van der Waals surface area contributed by atoms with E-state index in [2.05, 4.69) is 0 Å². The monoisotopic (exact) mass is 319 g/mol. The van der Waals surface area contributed by atoms with Gasteiger partial charge in [0, 0.05) is 6.54 Å². The normalized spacial score (nSPS) is 15.6. The summed E-state index contributed by atoms with van der Waals surface area (Å²) in [7, 11) is 2.90. The number of alkyl halides is 3. The lowest BCUT2D eigenvalue weighted by Crippen LogP contribution is -2.53. The molecule has 0 heterocycles. The molecule has 0 aliphatic rings. The van der Waals surface area contributed by atoms with Crippen LogP contribution in [0.2, 0.25) is 0 Å². The fraction of sp³-hybridized carbons (Fsp3) is 0.533. The highest BCUT2D eigenvalue weighted by Gasteiger charge is 2.46. The van der Waals surface area contributed by atoms with Crippen LogP contribution in [0.4, 0.5) is 13.2 Å². The summed E-state index contributed by atoms with van der Waals surface area (Å²) in [5, 5.41) is 0. The van der Waals surface area contributed by atoms with Crippen LogP contribution < -0.4 is 4.74 Å². The quantitative estimate of drug-likeness (QED) is 0.518. The minimum Gasteiger partial charge on any atom is -0.497 e. The number of ether oxygens (including phenoxy) is 2. The molecule has 0 amide bonds. The van der Waals surface area contributed by atoms with Crippen molar-refractivity contribution in [3.8, 4) is 5.75 Å². The van der Waals surface area contributed by atoms with Crippen LogP contribution in [0.3, 0.4) is 0 Å². The minimum absolute atomic E-state index is 0.109. The zero-order valence-corrected chi connectivity index (χ0v) is 12.8. The second kappa shape index (κ2) is 8.14. The van der Waals surface area contributed by atoms with Crippen LogP contribution in [0.25, 0.3) is 0 Å². The largest absolute Gasteiger partial charge is 0.497 e. The van der Waals surface area contributed by atoms with E-state index >= 15 is 0 Å². The third kappa shape index (κ3) is 4.45. The zero-order valence-electron chi connectivity index (χ0n) is 12.8. The van der Waals surface area contributed by atoms with Crippen molar-refractivity contribution in [3.63, 3.8) is 0 Å². The number of methoxy groups -OCH3 is 1. The summed E-state index contributed by atoms with van der Waals surface area (Å²) < 4.78 is 50.4. The van der Waals surface area contributed by atoms with E-state index in [0.717, 1.165) is 17.4 Å². The van der Waals surface area contributed by atoms with Crippen LogP contribution in [0.15, 0.2) is 24.3 Å². The topological polar surface area (TPSA) is 38.8 Å². The van der Waals surface area contributed by atoms with E-state index in [1.165, 1.54) is 14.2 Å². The van der Waals surface area contributed by atoms with Crippen molar-refractivity contribution in [1.29, 1.82) is 0 Å². The Morgan fingerprint density at radius 3 is 2.32 bits per heavy atom. The first-order valence-corrected chi connectivity index (χ1v) is 6.68. The molecule has 0 aliphatic carbocycles. The van der Waals surface area contributed by atoms with E-state index in [4.69, 9.17) is 9.47 Å². The average molecular weight is 319 g/mol. The summed E-state index contributed by atoms with van der Waals surface area (Å²) in [5.41, 5.74) is -1.64. The number of hydrogen-bond donors (Lipinski definition) is 0. The van der Waals surface area contributed by atoms with Crippen LogP contribution >= 0.6 is 0 Å². The van der Waals surface area contributed by atoms with Gasteiger partial charge in [-0.05, 0) is 31.7 Å². The van der Waals surface area contributed by atoms with Gasteiger partial charge in [0.25, 0.3) is 6.43 Å². The molecule has 0 radical (unpaired) electrons. The van der Waals surface area contributed by atoms with Crippen molar-refractivity contribution in [2.75, 3.05) is 20.8 Å². The molecule has 22 heavy (non-hydrogen) atoms. The summed E-state index contributed by atoms with van der Waals surface area (Å²) >= 11 is 0. The number of likely N-dealkylation sites (N-methyl/N-ethyl adjacent to an activating group) is 1. The van der Waals surface area contributed by atoms with Crippen molar-refractivity contribution in [3.05, 3.63) is 29.8 Å². The lowest BCUT2D eigenvalue weighted by Gasteiger charge is -2.36. The number of carbonyl (C=O) groups excluding carboxylic acids is 1. The summed E-state index contributed by atoms with van der Waals surface area (Å²) in [6.07, 6.45) is -4.83. The standard InChI is InChI=1S/C15H20F3NO3/c1-15(13(16)17,22-9-8-20)14(18)19(2)10-11-4-6-12(21-3)7-5-11/h4-8,13-14H,9-10H2,1-3H3. The van der Waals surface area contributed by atoms with Crippen LogP contribution in [-0.4, -0.2) is 50.3 Å². The molecule has 124 valence electrons. The fourth-order valence-corrected chi connectivity index (χ4v) is 1.99. The van der Waals surface area contributed by atoms with Gasteiger partial charge in [0.15, 0.2) is 11.9 Å². The number of carbonyl (C=O) groups is 1. The Kier molecular flexibility index (Phi) is 6.83. The van der Waals surface area contributed by atoms with Gasteiger partial charge in [-0.3, -0.25) is 4.90 Å². The third-order valence-corrected chi connectivity index (χ3v) is 3.35. The first-order valence-electron chi connectivity index (χ1n) is 6.68. The molecule has 4 nitrogen and oxygen atoms in total. The third-order valence-electron chi connectivity index (χ3n) is 3.35. The van der Waals surface area contributed by atoms with Crippen molar-refractivity contribution in [2.24, 2.45) is 0 Å². The number of benzene rings is 1. The lowest BCUT2D eigenvalue weighted by molar-refractivity contribution is -0.196. The molecule has 2 unspecified atom stereocenters. The second-order valence-electron chi connectivity index (χ2n) is 5.06. The molecule has 0 N–H and O–H groups in total. The van der Waals surface area contributed by atoms with Gasteiger partial charge in [-0.2, -0.15) is 0 Å². The zero-order chi connectivity index (χ0) is 16.8. The molecule has 1 aromatic rings. The summed E-state index contributed by atoms with van der Waals surface area (Å²) in [5.74, 6) is 0.648. The fourth-order valence-electron chi connectivity index (χ4n) is 1.99. The van der Waals surface area contributed by atoms with Gasteiger partial charge >= 0.3 is 0 Å². The maximum atomic E-state index is 14.4. The first-order chi connectivity index (χ1) is 10.3. The van der Waals surface area contributed by atoms with E-state index in [1.54, 1.807) is 24.3 Å². The van der Waals surface area contributed by atoms with Gasteiger partial charge in [0.05, 0.1) is 7.11 Å². The first kappa shape index (κ1) is 18.4. The molecule has 1 aromatic carbocycles. The van der Waals surface area contributed by atoms with E-state index < -0.39 is 24.9 Å². The van der Waals surface area contributed by atoms with E-state index in [9.17, 15) is 18.0 Å². The maximum absolute atomic E-state index is 14.4. The molecule has 0 spiro atoms. The van der Waals surface area contributed by atoms with Crippen molar-refractivity contribution >= 4 is 6.29 Å². The molecule has 0 saturated carbocycles. The minimum atomic E-state index is -3.07. The molecule has 1 rings (SSSR count). The Bertz CT molecular complexity index is 470. The van der Waals surface area contributed by atoms with Crippen molar-refractivity contribution < 1.29 is 27.4 Å². The van der Waals surface area contributed by atoms with E-state index in [1.807, 2.05) is 0 Å². The Balaban J connectivity index is 2.79. The van der Waals surface area contributed by atoms with Gasteiger partial charge in [0.1, 0.15) is 18.6 Å². The Hall–Kier alpha value is -1.60. The van der Waals surface area contributed by atoms with Crippen LogP contribution in [0.5, 0.6) is 5.75 Å². The molecular formula is C15H20F3NO3. The van der Waals surface area contributed by atoms with E-state index in [0.29, 0.717) is 12.0 Å². The van der Waals surface area contributed by atoms with Gasteiger partial charge in [-0.1, -0.05) is 12.1 Å². The van der Waals surface area contributed by atoms with Crippen LogP contribution in [0, 0.1) is 0 Å². The van der Waals surface area contributed by atoms with Gasteiger partial charge in [-0.15, -0.1) is 0 Å². The highest BCUT2D eigenvalue weighted by atomic mass is 19.3. The molecule has 0 saturated heterocycles. The van der Waals surface area contributed by atoms with Crippen molar-refractivity contribution in [1.82, 2.24) is 4.90 Å². The number of hydrogen-bond acceptors (Lipinski definition) is 4. The summed E-state index contributed by atoms with van der Waals surface area (Å²) in [6.45, 7) is 0.478. The van der Waals surface area contributed by atoms with Gasteiger partial charge in [0.2, 0.25) is 0 Å². The van der Waals surface area contributed by atoms with Gasteiger partial charge < -0.3 is 14.3 Å². The molecule has 0 bridgehead atoms. The summed E-state index contributed by atoms with van der Waals surface area (Å²) in [6, 6.07) is 6.83. The highest BCUT2D eigenvalue weighted by Crippen LogP contribution is 2.29. The number of rotatable bonds is 9. The molecule has 2 atom stereocenters. The molecule has 0 aliphatic heterocycles. The Labute approximate surface area is 127 Å². The second-order valence-corrected chi connectivity index (χ2v) is 5.06. The van der Waals surface area contributed by atoms with Crippen LogP contribution in [0.1, 0.15) is 12.5 Å². The molecule has 0 fully saturated rings. The smallest absolute Gasteiger partial charge is 0.271 e. The maximum Gasteiger partial charge on any atom is 0.271 e. The summed E-state index contributed by atoms with van der Waals surface area (Å²) in [4.78, 5) is 11.4. The molecule has 0 aromatic heterocycles. The SMILES string of the molecule is COc1ccc(CN(C)C(F)C(C)(OCC=O)C(F)F)cc1. The number of aldehydes is 1. The van der Waals surface area contributed by atoms with Crippen molar-refractivity contribution in [2.45, 2.75) is 31.8 Å². The molecular weight excluding hydrogens is 299 g/mol. The highest BCUT2D eigenvalue weighted by molar-refractivity contribution is 5.50. The van der Waals surface area contributed by atoms with E-state index in [-0.39, 0.29) is 6.54 Å². The lowest BCUT2D eigenvalue weighted by atomic mass is 10.0. The number of halogens is 3.